The first kappa shape index (κ1) is 8.71. The van der Waals surface area contributed by atoms with Crippen LogP contribution in [0.5, 0.6) is 0 Å². The highest BCUT2D eigenvalue weighted by atomic mass is 79.9. The van der Waals surface area contributed by atoms with Crippen molar-refractivity contribution >= 4 is 27.3 Å². The van der Waals surface area contributed by atoms with Crippen LogP contribution in [-0.2, 0) is 6.54 Å². The molecule has 0 aliphatic rings. The summed E-state index contributed by atoms with van der Waals surface area (Å²) in [6, 6.07) is 1.96. The number of H-pyrrole nitrogens is 1. The Labute approximate surface area is 86.3 Å². The van der Waals surface area contributed by atoms with Crippen molar-refractivity contribution in [3.8, 4) is 0 Å². The van der Waals surface area contributed by atoms with Crippen LogP contribution in [0.2, 0.25) is 0 Å². The minimum Gasteiger partial charge on any atom is -0.276 e. The summed E-state index contributed by atoms with van der Waals surface area (Å²) < 4.78 is 2.56. The standard InChI is InChI=1S/C7H6BrN3OS/c8-5-1-2-13-6(5)3-11-4-9-10-7(11)12/h1-2,4H,3H2,(H,10,12). The number of thiophene rings is 1. The first-order valence-electron chi connectivity index (χ1n) is 3.59. The Morgan fingerprint density at radius 1 is 1.69 bits per heavy atom. The Bertz CT molecular complexity index is 458. The maximum Gasteiger partial charge on any atom is 0.343 e. The first-order valence-corrected chi connectivity index (χ1v) is 5.26. The summed E-state index contributed by atoms with van der Waals surface area (Å²) >= 11 is 5.01. The molecule has 0 unspecified atom stereocenters. The van der Waals surface area contributed by atoms with E-state index in [1.54, 1.807) is 11.3 Å². The van der Waals surface area contributed by atoms with Crippen molar-refractivity contribution in [2.45, 2.75) is 6.54 Å². The fourth-order valence-corrected chi connectivity index (χ4v) is 2.45. The minimum absolute atomic E-state index is 0.180. The van der Waals surface area contributed by atoms with Crippen molar-refractivity contribution in [3.63, 3.8) is 0 Å². The van der Waals surface area contributed by atoms with Gasteiger partial charge in [-0.15, -0.1) is 11.3 Å². The van der Waals surface area contributed by atoms with Crippen molar-refractivity contribution in [2.24, 2.45) is 0 Å². The SMILES string of the molecule is O=c1[nH]ncn1Cc1sccc1Br. The zero-order chi connectivity index (χ0) is 9.26. The molecule has 0 atom stereocenters. The van der Waals surface area contributed by atoms with Crippen LogP contribution >= 0.6 is 27.3 Å². The maximum atomic E-state index is 11.1. The first-order chi connectivity index (χ1) is 6.27. The van der Waals surface area contributed by atoms with E-state index in [-0.39, 0.29) is 5.69 Å². The largest absolute Gasteiger partial charge is 0.343 e. The van der Waals surface area contributed by atoms with Gasteiger partial charge < -0.3 is 0 Å². The van der Waals surface area contributed by atoms with Crippen LogP contribution in [0.1, 0.15) is 4.88 Å². The average molecular weight is 260 g/mol. The molecular formula is C7H6BrN3OS. The number of halogens is 1. The lowest BCUT2D eigenvalue weighted by atomic mass is 10.5. The summed E-state index contributed by atoms with van der Waals surface area (Å²) in [5.41, 5.74) is -0.180. The van der Waals surface area contributed by atoms with Gasteiger partial charge in [-0.1, -0.05) is 0 Å². The van der Waals surface area contributed by atoms with Crippen molar-refractivity contribution in [2.75, 3.05) is 0 Å². The molecule has 0 saturated heterocycles. The van der Waals surface area contributed by atoms with Crippen LogP contribution in [0.4, 0.5) is 0 Å². The fraction of sp³-hybridized carbons (Fsp3) is 0.143. The van der Waals surface area contributed by atoms with Gasteiger partial charge in [-0.05, 0) is 27.4 Å². The maximum absolute atomic E-state index is 11.1. The van der Waals surface area contributed by atoms with Crippen molar-refractivity contribution < 1.29 is 0 Å². The van der Waals surface area contributed by atoms with E-state index in [2.05, 4.69) is 26.1 Å². The van der Waals surface area contributed by atoms with Crippen LogP contribution in [0, 0.1) is 0 Å². The molecule has 0 amide bonds. The van der Waals surface area contributed by atoms with Gasteiger partial charge in [0.1, 0.15) is 6.33 Å². The van der Waals surface area contributed by atoms with Crippen molar-refractivity contribution in [1.29, 1.82) is 0 Å². The van der Waals surface area contributed by atoms with Crippen LogP contribution in [0.25, 0.3) is 0 Å². The van der Waals surface area contributed by atoms with E-state index in [0.717, 1.165) is 9.35 Å². The van der Waals surface area contributed by atoms with Crippen LogP contribution < -0.4 is 5.69 Å². The summed E-state index contributed by atoms with van der Waals surface area (Å²) in [5.74, 6) is 0. The number of nitrogens with zero attached hydrogens (tertiary/aromatic N) is 2. The van der Waals surface area contributed by atoms with E-state index in [9.17, 15) is 4.79 Å². The van der Waals surface area contributed by atoms with Gasteiger partial charge in [0.25, 0.3) is 0 Å². The Balaban J connectivity index is 2.29. The molecule has 2 heterocycles. The van der Waals surface area contributed by atoms with E-state index in [1.165, 1.54) is 10.9 Å². The molecule has 13 heavy (non-hydrogen) atoms. The molecule has 68 valence electrons. The summed E-state index contributed by atoms with van der Waals surface area (Å²) in [6.45, 7) is 0.563. The van der Waals surface area contributed by atoms with Crippen molar-refractivity contribution in [3.05, 3.63) is 37.6 Å². The Morgan fingerprint density at radius 3 is 3.08 bits per heavy atom. The molecule has 2 aromatic heterocycles. The minimum atomic E-state index is -0.180. The number of hydrogen-bond donors (Lipinski definition) is 1. The molecule has 0 saturated carbocycles. The second-order valence-electron chi connectivity index (χ2n) is 2.48. The van der Waals surface area contributed by atoms with E-state index in [1.807, 2.05) is 11.4 Å². The Kier molecular flexibility index (Phi) is 2.32. The van der Waals surface area contributed by atoms with E-state index in [4.69, 9.17) is 0 Å². The molecule has 4 nitrogen and oxygen atoms in total. The molecule has 0 aliphatic carbocycles. The third-order valence-electron chi connectivity index (χ3n) is 1.62. The summed E-state index contributed by atoms with van der Waals surface area (Å²) in [4.78, 5) is 12.2. The molecule has 2 aromatic rings. The third-order valence-corrected chi connectivity index (χ3v) is 3.53. The lowest BCUT2D eigenvalue weighted by molar-refractivity contribution is 0.770. The second kappa shape index (κ2) is 3.47. The summed E-state index contributed by atoms with van der Waals surface area (Å²) in [6.07, 6.45) is 1.49. The highest BCUT2D eigenvalue weighted by Crippen LogP contribution is 2.22. The van der Waals surface area contributed by atoms with Gasteiger partial charge >= 0.3 is 5.69 Å². The Morgan fingerprint density at radius 2 is 2.54 bits per heavy atom. The predicted octanol–water partition coefficient (Wildman–Crippen LogP) is 1.44. The molecule has 0 bridgehead atoms. The average Bonchev–Trinajstić information content (AvgIpc) is 2.65. The van der Waals surface area contributed by atoms with Crippen LogP contribution in [-0.4, -0.2) is 14.8 Å². The smallest absolute Gasteiger partial charge is 0.276 e. The second-order valence-corrected chi connectivity index (χ2v) is 4.34. The molecule has 2 rings (SSSR count). The van der Waals surface area contributed by atoms with E-state index >= 15 is 0 Å². The van der Waals surface area contributed by atoms with Crippen LogP contribution in [0.3, 0.4) is 0 Å². The highest BCUT2D eigenvalue weighted by Gasteiger charge is 2.03. The van der Waals surface area contributed by atoms with E-state index < -0.39 is 0 Å². The van der Waals surface area contributed by atoms with E-state index in [0.29, 0.717) is 6.54 Å². The van der Waals surface area contributed by atoms with Gasteiger partial charge in [0, 0.05) is 9.35 Å². The zero-order valence-electron chi connectivity index (χ0n) is 6.53. The summed E-state index contributed by atoms with van der Waals surface area (Å²) in [7, 11) is 0. The molecule has 6 heteroatoms. The molecule has 1 N–H and O–H groups in total. The van der Waals surface area contributed by atoms with Gasteiger partial charge in [-0.2, -0.15) is 5.10 Å². The normalized spacial score (nSPS) is 10.5. The molecule has 0 aliphatic heterocycles. The molecule has 0 aromatic carbocycles. The fourth-order valence-electron chi connectivity index (χ4n) is 0.976. The van der Waals surface area contributed by atoms with Gasteiger partial charge in [0.2, 0.25) is 0 Å². The molecular weight excluding hydrogens is 254 g/mol. The van der Waals surface area contributed by atoms with Gasteiger partial charge in [0.05, 0.1) is 6.54 Å². The number of rotatable bonds is 2. The molecule has 0 fully saturated rings. The molecule has 0 spiro atoms. The topological polar surface area (TPSA) is 50.7 Å². The predicted molar refractivity (Wildman–Crippen MR) is 54.0 cm³/mol. The number of aromatic amines is 1. The third kappa shape index (κ3) is 1.73. The Hall–Kier alpha value is -0.880. The number of nitrogens with one attached hydrogen (secondary N) is 1. The van der Waals surface area contributed by atoms with Gasteiger partial charge in [-0.25, -0.2) is 9.89 Å². The lowest BCUT2D eigenvalue weighted by Crippen LogP contribution is -2.16. The number of hydrogen-bond acceptors (Lipinski definition) is 3. The zero-order valence-corrected chi connectivity index (χ0v) is 8.93. The monoisotopic (exact) mass is 259 g/mol. The summed E-state index contributed by atoms with van der Waals surface area (Å²) in [5, 5.41) is 7.97. The lowest BCUT2D eigenvalue weighted by Gasteiger charge is -1.96. The van der Waals surface area contributed by atoms with Crippen molar-refractivity contribution in [1.82, 2.24) is 14.8 Å². The van der Waals surface area contributed by atoms with Crippen LogP contribution in [0.15, 0.2) is 27.0 Å². The molecule has 0 radical (unpaired) electrons. The van der Waals surface area contributed by atoms with Gasteiger partial charge in [-0.3, -0.25) is 4.57 Å². The quantitative estimate of drug-likeness (QED) is 0.888. The van der Waals surface area contributed by atoms with Gasteiger partial charge in [0.15, 0.2) is 0 Å². The highest BCUT2D eigenvalue weighted by molar-refractivity contribution is 9.10. The number of aromatic nitrogens is 3.